The van der Waals surface area contributed by atoms with Crippen LogP contribution in [0.15, 0.2) is 29.3 Å². The van der Waals surface area contributed by atoms with Crippen LogP contribution in [0.2, 0.25) is 0 Å². The van der Waals surface area contributed by atoms with E-state index >= 15 is 0 Å². The van der Waals surface area contributed by atoms with Gasteiger partial charge in [-0.15, -0.1) is 11.8 Å². The van der Waals surface area contributed by atoms with Gasteiger partial charge in [0, 0.05) is 0 Å². The van der Waals surface area contributed by atoms with E-state index in [0.29, 0.717) is 0 Å². The third kappa shape index (κ3) is 2.82. The molecular formula is C12H10F3N3O2S. The fourth-order valence-electron chi connectivity index (χ4n) is 1.74. The molecule has 0 saturated heterocycles. The summed E-state index contributed by atoms with van der Waals surface area (Å²) in [5, 5.41) is 13.3. The Hall–Kier alpha value is -2.16. The number of hydrogen-bond acceptors (Lipinski definition) is 4. The Bertz CT molecular complexity index is 680. The zero-order chi connectivity index (χ0) is 15.8. The number of nitrogen functional groups attached to an aromatic ring is 1. The van der Waals surface area contributed by atoms with E-state index < -0.39 is 17.7 Å². The van der Waals surface area contributed by atoms with Crippen LogP contribution in [-0.4, -0.2) is 27.1 Å². The molecule has 5 nitrogen and oxygen atoms in total. The molecule has 0 fully saturated rings. The fourth-order valence-corrected chi connectivity index (χ4v) is 2.30. The lowest BCUT2D eigenvalue weighted by Gasteiger charge is -2.08. The van der Waals surface area contributed by atoms with Gasteiger partial charge in [0.25, 0.3) is 0 Å². The summed E-state index contributed by atoms with van der Waals surface area (Å²) in [6.45, 7) is 0. The van der Waals surface area contributed by atoms with Gasteiger partial charge in [-0.1, -0.05) is 0 Å². The first-order valence-electron chi connectivity index (χ1n) is 5.59. The molecule has 0 bridgehead atoms. The van der Waals surface area contributed by atoms with E-state index in [2.05, 4.69) is 5.10 Å². The number of aromatic carboxylic acids is 1. The van der Waals surface area contributed by atoms with Crippen LogP contribution in [0.4, 0.5) is 19.0 Å². The molecule has 0 amide bonds. The summed E-state index contributed by atoms with van der Waals surface area (Å²) in [6.07, 6.45) is -2.81. The van der Waals surface area contributed by atoms with Crippen LogP contribution in [0.25, 0.3) is 5.69 Å². The third-order valence-electron chi connectivity index (χ3n) is 2.74. The number of nitrogens with zero attached hydrogens (tertiary/aromatic N) is 2. The highest BCUT2D eigenvalue weighted by Gasteiger charge is 2.30. The summed E-state index contributed by atoms with van der Waals surface area (Å²) in [4.78, 5) is 11.1. The molecule has 1 heterocycles. The quantitative estimate of drug-likeness (QED) is 0.851. The monoisotopic (exact) mass is 317 g/mol. The number of nitrogens with two attached hydrogens (primary N) is 1. The summed E-state index contributed by atoms with van der Waals surface area (Å²) in [6, 6.07) is 4.13. The zero-order valence-corrected chi connectivity index (χ0v) is 11.5. The van der Waals surface area contributed by atoms with Crippen molar-refractivity contribution in [3.05, 3.63) is 35.4 Å². The van der Waals surface area contributed by atoms with E-state index in [0.717, 1.165) is 28.6 Å². The van der Waals surface area contributed by atoms with Crippen molar-refractivity contribution in [2.45, 2.75) is 11.2 Å². The second kappa shape index (κ2) is 5.32. The minimum atomic E-state index is -4.44. The summed E-state index contributed by atoms with van der Waals surface area (Å²) in [5.74, 6) is -1.37. The van der Waals surface area contributed by atoms with Crippen LogP contribution in [0.3, 0.4) is 0 Å². The molecule has 3 N–H and O–H groups in total. The molecule has 0 atom stereocenters. The maximum absolute atomic E-state index is 12.5. The molecule has 0 spiro atoms. The highest BCUT2D eigenvalue weighted by molar-refractivity contribution is 7.98. The minimum absolute atomic E-state index is 0.133. The van der Waals surface area contributed by atoms with Crippen LogP contribution in [-0.2, 0) is 6.18 Å². The smallest absolute Gasteiger partial charge is 0.416 e. The summed E-state index contributed by atoms with van der Waals surface area (Å²) < 4.78 is 38.6. The standard InChI is InChI=1S/C12H10F3N3O2S/c1-21-10-8(11(19)20)9(16)18(17-10)7-4-2-6(3-5-7)12(13,14)15/h2-5H,16H2,1H3,(H,19,20). The summed E-state index contributed by atoms with van der Waals surface area (Å²) >= 11 is 1.09. The van der Waals surface area contributed by atoms with E-state index in [-0.39, 0.29) is 22.1 Å². The van der Waals surface area contributed by atoms with E-state index in [1.807, 2.05) is 0 Å². The first kappa shape index (κ1) is 15.2. The molecule has 2 rings (SSSR count). The van der Waals surface area contributed by atoms with Crippen molar-refractivity contribution in [3.63, 3.8) is 0 Å². The minimum Gasteiger partial charge on any atom is -0.477 e. The number of carbonyl (C=O) groups is 1. The molecule has 0 unspecified atom stereocenters. The number of thioether (sulfide) groups is 1. The normalized spacial score (nSPS) is 11.6. The predicted molar refractivity (Wildman–Crippen MR) is 71.7 cm³/mol. The van der Waals surface area contributed by atoms with Crippen molar-refractivity contribution >= 4 is 23.5 Å². The van der Waals surface area contributed by atoms with Crippen LogP contribution >= 0.6 is 11.8 Å². The third-order valence-corrected chi connectivity index (χ3v) is 3.41. The number of benzene rings is 1. The van der Waals surface area contributed by atoms with Crippen molar-refractivity contribution in [1.82, 2.24) is 9.78 Å². The van der Waals surface area contributed by atoms with Gasteiger partial charge >= 0.3 is 12.1 Å². The zero-order valence-electron chi connectivity index (χ0n) is 10.7. The number of aromatic nitrogens is 2. The topological polar surface area (TPSA) is 81.1 Å². The average Bonchev–Trinajstić information content (AvgIpc) is 2.75. The van der Waals surface area contributed by atoms with Gasteiger partial charge in [0.2, 0.25) is 0 Å². The molecule has 1 aromatic carbocycles. The number of anilines is 1. The number of carboxylic acid groups (broad SMARTS) is 1. The first-order chi connectivity index (χ1) is 9.75. The maximum Gasteiger partial charge on any atom is 0.416 e. The van der Waals surface area contributed by atoms with Crippen LogP contribution in [0.5, 0.6) is 0 Å². The number of hydrogen-bond donors (Lipinski definition) is 2. The predicted octanol–water partition coefficient (Wildman–Crippen LogP) is 2.89. The Morgan fingerprint density at radius 1 is 1.33 bits per heavy atom. The lowest BCUT2D eigenvalue weighted by atomic mass is 10.2. The molecule has 0 radical (unpaired) electrons. The Labute approximate surface area is 121 Å². The second-order valence-electron chi connectivity index (χ2n) is 4.03. The van der Waals surface area contributed by atoms with Crippen molar-refractivity contribution in [1.29, 1.82) is 0 Å². The van der Waals surface area contributed by atoms with Crippen LogP contribution < -0.4 is 5.73 Å². The van der Waals surface area contributed by atoms with Gasteiger partial charge in [-0.3, -0.25) is 0 Å². The second-order valence-corrected chi connectivity index (χ2v) is 4.83. The molecule has 0 aliphatic rings. The van der Waals surface area contributed by atoms with Crippen LogP contribution in [0.1, 0.15) is 15.9 Å². The summed E-state index contributed by atoms with van der Waals surface area (Å²) in [7, 11) is 0. The fraction of sp³-hybridized carbons (Fsp3) is 0.167. The highest BCUT2D eigenvalue weighted by atomic mass is 32.2. The van der Waals surface area contributed by atoms with E-state index in [1.165, 1.54) is 12.1 Å². The average molecular weight is 317 g/mol. The molecular weight excluding hydrogens is 307 g/mol. The van der Waals surface area contributed by atoms with Gasteiger partial charge in [-0.2, -0.15) is 18.3 Å². The van der Waals surface area contributed by atoms with Gasteiger partial charge < -0.3 is 10.8 Å². The van der Waals surface area contributed by atoms with Crippen molar-refractivity contribution in [2.24, 2.45) is 0 Å². The molecule has 0 aliphatic heterocycles. The molecule has 0 aliphatic carbocycles. The van der Waals surface area contributed by atoms with Crippen LogP contribution in [0, 0.1) is 0 Å². The molecule has 9 heteroatoms. The van der Waals surface area contributed by atoms with Crippen molar-refractivity contribution in [2.75, 3.05) is 12.0 Å². The number of carboxylic acids is 1. The maximum atomic E-state index is 12.5. The molecule has 21 heavy (non-hydrogen) atoms. The first-order valence-corrected chi connectivity index (χ1v) is 6.81. The van der Waals surface area contributed by atoms with E-state index in [1.54, 1.807) is 6.26 Å². The molecule has 0 saturated carbocycles. The molecule has 2 aromatic rings. The Balaban J connectivity index is 2.50. The molecule has 1 aromatic heterocycles. The van der Waals surface area contributed by atoms with Gasteiger partial charge in [0.1, 0.15) is 16.4 Å². The van der Waals surface area contributed by atoms with Gasteiger partial charge in [-0.05, 0) is 30.5 Å². The largest absolute Gasteiger partial charge is 0.477 e. The lowest BCUT2D eigenvalue weighted by molar-refractivity contribution is -0.137. The van der Waals surface area contributed by atoms with E-state index in [9.17, 15) is 18.0 Å². The number of rotatable bonds is 3. The van der Waals surface area contributed by atoms with E-state index in [4.69, 9.17) is 10.8 Å². The van der Waals surface area contributed by atoms with Crippen molar-refractivity contribution in [3.8, 4) is 5.69 Å². The van der Waals surface area contributed by atoms with Gasteiger partial charge in [-0.25, -0.2) is 9.48 Å². The van der Waals surface area contributed by atoms with Gasteiger partial charge in [0.05, 0.1) is 11.3 Å². The Morgan fingerprint density at radius 2 is 1.90 bits per heavy atom. The summed E-state index contributed by atoms with van der Waals surface area (Å²) in [5.41, 5.74) is 5.00. The number of alkyl halides is 3. The lowest BCUT2D eigenvalue weighted by Crippen LogP contribution is -2.07. The highest BCUT2D eigenvalue weighted by Crippen LogP contribution is 2.31. The van der Waals surface area contributed by atoms with Crippen molar-refractivity contribution < 1.29 is 23.1 Å². The SMILES string of the molecule is CSc1nn(-c2ccc(C(F)(F)F)cc2)c(N)c1C(=O)O. The Morgan fingerprint density at radius 3 is 2.29 bits per heavy atom. The number of halogens is 3. The Kier molecular flexibility index (Phi) is 3.86. The molecule has 112 valence electrons. The van der Waals surface area contributed by atoms with Gasteiger partial charge in [0.15, 0.2) is 0 Å².